The predicted octanol–water partition coefficient (Wildman–Crippen LogP) is 3.93. The van der Waals surface area contributed by atoms with E-state index in [0.717, 1.165) is 0 Å². The van der Waals surface area contributed by atoms with Crippen molar-refractivity contribution in [1.29, 1.82) is 0 Å². The molecule has 0 aliphatic carbocycles. The van der Waals surface area contributed by atoms with Crippen LogP contribution in [0.5, 0.6) is 0 Å². The Morgan fingerprint density at radius 3 is 2.71 bits per heavy atom. The van der Waals surface area contributed by atoms with E-state index in [2.05, 4.69) is 0 Å². The SMILES string of the molecule is CCN(CC(C)(C)O)C(=O)c1sc2cc(F)ccc2c1Cl. The molecular weight excluding hydrogens is 313 g/mol. The zero-order valence-electron chi connectivity index (χ0n) is 12.1. The number of rotatable bonds is 4. The van der Waals surface area contributed by atoms with Crippen molar-refractivity contribution < 1.29 is 14.3 Å². The molecule has 1 aromatic heterocycles. The fourth-order valence-corrected chi connectivity index (χ4v) is 3.62. The molecule has 114 valence electrons. The lowest BCUT2D eigenvalue weighted by Crippen LogP contribution is -2.41. The number of nitrogens with zero attached hydrogens (tertiary/aromatic N) is 1. The van der Waals surface area contributed by atoms with E-state index in [-0.39, 0.29) is 18.3 Å². The highest BCUT2D eigenvalue weighted by Gasteiger charge is 2.26. The van der Waals surface area contributed by atoms with E-state index in [1.807, 2.05) is 6.92 Å². The lowest BCUT2D eigenvalue weighted by atomic mass is 10.1. The Morgan fingerprint density at radius 1 is 1.48 bits per heavy atom. The third kappa shape index (κ3) is 3.54. The molecule has 2 rings (SSSR count). The molecule has 0 fully saturated rings. The summed E-state index contributed by atoms with van der Waals surface area (Å²) in [6.45, 7) is 5.79. The standard InChI is InChI=1S/C15H17ClFNO2S/c1-4-18(8-15(2,3)20)14(19)13-12(16)10-6-5-9(17)7-11(10)21-13/h5-7,20H,4,8H2,1-3H3. The normalized spacial score (nSPS) is 11.9. The van der Waals surface area contributed by atoms with Crippen molar-refractivity contribution in [3.8, 4) is 0 Å². The first-order chi connectivity index (χ1) is 9.73. The van der Waals surface area contributed by atoms with E-state index < -0.39 is 5.60 Å². The minimum Gasteiger partial charge on any atom is -0.389 e. The van der Waals surface area contributed by atoms with E-state index in [9.17, 15) is 14.3 Å². The zero-order valence-corrected chi connectivity index (χ0v) is 13.7. The molecule has 6 heteroatoms. The van der Waals surface area contributed by atoms with E-state index in [0.29, 0.717) is 26.5 Å². The van der Waals surface area contributed by atoms with Gasteiger partial charge in [0.05, 0.1) is 10.6 Å². The Balaban J connectivity index is 2.40. The molecule has 21 heavy (non-hydrogen) atoms. The van der Waals surface area contributed by atoms with Crippen LogP contribution in [0.25, 0.3) is 10.1 Å². The molecular formula is C15H17ClFNO2S. The molecule has 0 aliphatic heterocycles. The lowest BCUT2D eigenvalue weighted by molar-refractivity contribution is 0.0317. The highest BCUT2D eigenvalue weighted by Crippen LogP contribution is 2.36. The number of amides is 1. The summed E-state index contributed by atoms with van der Waals surface area (Å²) in [4.78, 5) is 14.5. The number of aliphatic hydroxyl groups is 1. The molecule has 0 saturated carbocycles. The Kier molecular flexibility index (Phi) is 4.56. The van der Waals surface area contributed by atoms with E-state index in [1.165, 1.54) is 28.4 Å². The summed E-state index contributed by atoms with van der Waals surface area (Å²) in [6.07, 6.45) is 0. The van der Waals surface area contributed by atoms with Gasteiger partial charge in [0.15, 0.2) is 0 Å². The molecule has 0 saturated heterocycles. The van der Waals surface area contributed by atoms with E-state index in [1.54, 1.807) is 19.9 Å². The summed E-state index contributed by atoms with van der Waals surface area (Å²) in [5.41, 5.74) is -0.985. The van der Waals surface area contributed by atoms with Crippen LogP contribution in [0.4, 0.5) is 4.39 Å². The predicted molar refractivity (Wildman–Crippen MR) is 84.7 cm³/mol. The van der Waals surface area contributed by atoms with Gasteiger partial charge in [0.2, 0.25) is 0 Å². The highest BCUT2D eigenvalue weighted by atomic mass is 35.5. The summed E-state index contributed by atoms with van der Waals surface area (Å²) in [7, 11) is 0. The summed E-state index contributed by atoms with van der Waals surface area (Å²) < 4.78 is 13.9. The van der Waals surface area contributed by atoms with Crippen LogP contribution in [0.15, 0.2) is 18.2 Å². The number of fused-ring (bicyclic) bond motifs is 1. The van der Waals surface area contributed by atoms with Gasteiger partial charge >= 0.3 is 0 Å². The largest absolute Gasteiger partial charge is 0.389 e. The Hall–Kier alpha value is -1.17. The molecule has 1 heterocycles. The van der Waals surface area contributed by atoms with Crippen molar-refractivity contribution in [2.45, 2.75) is 26.4 Å². The van der Waals surface area contributed by atoms with Crippen molar-refractivity contribution >= 4 is 38.9 Å². The molecule has 1 amide bonds. The Morgan fingerprint density at radius 2 is 2.14 bits per heavy atom. The second kappa shape index (κ2) is 5.91. The van der Waals surface area contributed by atoms with Crippen LogP contribution in [0.3, 0.4) is 0 Å². The van der Waals surface area contributed by atoms with E-state index >= 15 is 0 Å². The van der Waals surface area contributed by atoms with Crippen LogP contribution in [0, 0.1) is 5.82 Å². The number of hydrogen-bond donors (Lipinski definition) is 1. The minimum atomic E-state index is -0.985. The maximum Gasteiger partial charge on any atom is 0.265 e. The van der Waals surface area contributed by atoms with Crippen molar-refractivity contribution in [3.63, 3.8) is 0 Å². The topological polar surface area (TPSA) is 40.5 Å². The van der Waals surface area contributed by atoms with Gasteiger partial charge in [0.1, 0.15) is 10.7 Å². The minimum absolute atomic E-state index is 0.210. The molecule has 0 atom stereocenters. The number of carbonyl (C=O) groups excluding carboxylic acids is 1. The number of carbonyl (C=O) groups is 1. The van der Waals surface area contributed by atoms with Gasteiger partial charge in [0, 0.05) is 23.2 Å². The Bertz CT molecular complexity index is 678. The number of halogens is 2. The fourth-order valence-electron chi connectivity index (χ4n) is 2.11. The van der Waals surface area contributed by atoms with Crippen molar-refractivity contribution in [2.24, 2.45) is 0 Å². The van der Waals surface area contributed by atoms with Gasteiger partial charge in [0.25, 0.3) is 5.91 Å². The van der Waals surface area contributed by atoms with Gasteiger partial charge in [-0.2, -0.15) is 0 Å². The molecule has 3 nitrogen and oxygen atoms in total. The van der Waals surface area contributed by atoms with Gasteiger partial charge in [-0.1, -0.05) is 11.6 Å². The van der Waals surface area contributed by atoms with Gasteiger partial charge in [-0.05, 0) is 39.0 Å². The Labute approximate surface area is 131 Å². The number of benzene rings is 1. The number of hydrogen-bond acceptors (Lipinski definition) is 3. The van der Waals surface area contributed by atoms with Crippen molar-refractivity contribution in [3.05, 3.63) is 33.9 Å². The smallest absolute Gasteiger partial charge is 0.265 e. The number of likely N-dealkylation sites (N-methyl/N-ethyl adjacent to an activating group) is 1. The quantitative estimate of drug-likeness (QED) is 0.923. The van der Waals surface area contributed by atoms with E-state index in [4.69, 9.17) is 11.6 Å². The van der Waals surface area contributed by atoms with Gasteiger partial charge in [-0.15, -0.1) is 11.3 Å². The van der Waals surface area contributed by atoms with Crippen molar-refractivity contribution in [2.75, 3.05) is 13.1 Å². The average molecular weight is 330 g/mol. The summed E-state index contributed by atoms with van der Waals surface area (Å²) in [5, 5.41) is 10.9. The van der Waals surface area contributed by atoms with Gasteiger partial charge < -0.3 is 10.0 Å². The first-order valence-electron chi connectivity index (χ1n) is 6.62. The molecule has 1 aromatic carbocycles. The van der Waals surface area contributed by atoms with Crippen LogP contribution >= 0.6 is 22.9 Å². The van der Waals surface area contributed by atoms with Crippen LogP contribution in [0.1, 0.15) is 30.4 Å². The molecule has 0 spiro atoms. The molecule has 1 N–H and O–H groups in total. The van der Waals surface area contributed by atoms with Crippen LogP contribution in [-0.4, -0.2) is 34.6 Å². The second-order valence-electron chi connectivity index (χ2n) is 5.52. The first kappa shape index (κ1) is 16.2. The third-order valence-electron chi connectivity index (χ3n) is 3.03. The molecule has 0 unspecified atom stereocenters. The van der Waals surface area contributed by atoms with Gasteiger partial charge in [-0.25, -0.2) is 4.39 Å². The van der Waals surface area contributed by atoms with Crippen LogP contribution < -0.4 is 0 Å². The third-order valence-corrected chi connectivity index (χ3v) is 4.68. The fraction of sp³-hybridized carbons (Fsp3) is 0.400. The average Bonchev–Trinajstić information content (AvgIpc) is 2.71. The first-order valence-corrected chi connectivity index (χ1v) is 7.81. The molecule has 0 bridgehead atoms. The second-order valence-corrected chi connectivity index (χ2v) is 6.95. The molecule has 0 aliphatic rings. The lowest BCUT2D eigenvalue weighted by Gasteiger charge is -2.27. The summed E-state index contributed by atoms with van der Waals surface area (Å²) in [6, 6.07) is 4.27. The van der Waals surface area contributed by atoms with Crippen LogP contribution in [-0.2, 0) is 0 Å². The maximum atomic E-state index is 13.3. The molecule has 0 radical (unpaired) electrons. The number of thiophene rings is 1. The van der Waals surface area contributed by atoms with Crippen molar-refractivity contribution in [1.82, 2.24) is 4.90 Å². The maximum absolute atomic E-state index is 13.3. The van der Waals surface area contributed by atoms with Crippen LogP contribution in [0.2, 0.25) is 5.02 Å². The van der Waals surface area contributed by atoms with Gasteiger partial charge in [-0.3, -0.25) is 4.79 Å². The highest BCUT2D eigenvalue weighted by molar-refractivity contribution is 7.21. The summed E-state index contributed by atoms with van der Waals surface area (Å²) in [5.74, 6) is -0.602. The monoisotopic (exact) mass is 329 g/mol. The summed E-state index contributed by atoms with van der Waals surface area (Å²) >= 11 is 7.43. The molecule has 2 aromatic rings. The zero-order chi connectivity index (χ0) is 15.8.